The van der Waals surface area contributed by atoms with Crippen molar-refractivity contribution in [3.05, 3.63) is 38.0 Å². The number of ether oxygens (including phenoxy) is 3. The Morgan fingerprint density at radius 1 is 1.25 bits per heavy atom. The van der Waals surface area contributed by atoms with Crippen LogP contribution < -0.4 is 4.74 Å². The van der Waals surface area contributed by atoms with Gasteiger partial charge in [0, 0.05) is 5.92 Å². The highest BCUT2D eigenvalue weighted by molar-refractivity contribution is 14.1. The number of allylic oxidation sites excluding steroid dienone is 1. The van der Waals surface area contributed by atoms with Crippen LogP contribution in [0, 0.1) is 21.3 Å². The second kappa shape index (κ2) is 10.9. The molecule has 2 fully saturated rings. The Labute approximate surface area is 223 Å². The highest BCUT2D eigenvalue weighted by Gasteiger charge is 2.58. The molecule has 10 heteroatoms. The second-order valence-electron chi connectivity index (χ2n) is 9.21. The molecule has 1 aromatic carbocycles. The summed E-state index contributed by atoms with van der Waals surface area (Å²) in [5, 5.41) is 20.2. The number of phenolic OH excluding ortho intramolecular Hbond substituents is 1. The van der Waals surface area contributed by atoms with Crippen molar-refractivity contribution < 1.29 is 38.8 Å². The number of phenols is 1. The van der Waals surface area contributed by atoms with Crippen molar-refractivity contribution in [2.75, 3.05) is 27.4 Å². The molecule has 2 heterocycles. The molecular weight excluding hydrogens is 581 g/mol. The van der Waals surface area contributed by atoms with E-state index in [1.165, 1.54) is 12.7 Å². The lowest BCUT2D eigenvalue weighted by Crippen LogP contribution is -2.38. The first-order valence-corrected chi connectivity index (χ1v) is 13.0. The maximum absolute atomic E-state index is 13.0. The van der Waals surface area contributed by atoms with E-state index in [1.807, 2.05) is 6.07 Å². The van der Waals surface area contributed by atoms with E-state index >= 15 is 0 Å². The van der Waals surface area contributed by atoms with Crippen LogP contribution in [0.4, 0.5) is 4.79 Å². The zero-order valence-electron chi connectivity index (χ0n) is 20.5. The molecule has 9 nitrogen and oxygen atoms in total. The van der Waals surface area contributed by atoms with Crippen LogP contribution >= 0.6 is 22.6 Å². The lowest BCUT2D eigenvalue weighted by molar-refractivity contribution is -0.137. The Morgan fingerprint density at radius 2 is 2.00 bits per heavy atom. The van der Waals surface area contributed by atoms with Gasteiger partial charge in [0.05, 0.1) is 48.9 Å². The molecule has 0 saturated carbocycles. The maximum atomic E-state index is 13.0. The van der Waals surface area contributed by atoms with Crippen molar-refractivity contribution in [1.29, 1.82) is 0 Å². The van der Waals surface area contributed by atoms with E-state index < -0.39 is 29.7 Å². The van der Waals surface area contributed by atoms with Crippen LogP contribution in [0.5, 0.6) is 11.5 Å². The molecule has 4 atom stereocenters. The molecule has 0 aromatic heterocycles. The zero-order valence-corrected chi connectivity index (χ0v) is 22.6. The van der Waals surface area contributed by atoms with Crippen LogP contribution in [-0.2, 0) is 19.1 Å². The number of hydrogen-bond donors (Lipinski definition) is 2. The molecule has 0 unspecified atom stereocenters. The smallest absolute Gasteiger partial charge is 0.423 e. The Balaban J connectivity index is 1.54. The average Bonchev–Trinajstić information content (AvgIpc) is 3.41. The highest BCUT2D eigenvalue weighted by atomic mass is 127. The predicted molar refractivity (Wildman–Crippen MR) is 138 cm³/mol. The molecule has 0 radical (unpaired) electrons. The molecule has 4 rings (SSSR count). The highest BCUT2D eigenvalue weighted by Crippen LogP contribution is 2.50. The van der Waals surface area contributed by atoms with E-state index in [9.17, 15) is 24.6 Å². The van der Waals surface area contributed by atoms with Crippen LogP contribution in [0.1, 0.15) is 38.2 Å². The number of hydrogen-bond acceptors (Lipinski definition) is 8. The van der Waals surface area contributed by atoms with E-state index in [2.05, 4.69) is 40.3 Å². The largest absolute Gasteiger partial charge is 0.504 e. The van der Waals surface area contributed by atoms with Gasteiger partial charge in [-0.3, -0.25) is 9.59 Å². The van der Waals surface area contributed by atoms with Gasteiger partial charge in [0.2, 0.25) is 11.8 Å². The van der Waals surface area contributed by atoms with Gasteiger partial charge in [-0.1, -0.05) is 18.6 Å². The number of carbonyl (C=O) groups excluding carboxylic acids is 3. The summed E-state index contributed by atoms with van der Waals surface area (Å²) in [5.74, 6) is -2.31. The number of aliphatic hydroxyl groups excluding tert-OH is 1. The first kappa shape index (κ1) is 26.6. The molecule has 1 aliphatic carbocycles. The van der Waals surface area contributed by atoms with Crippen LogP contribution in [0.3, 0.4) is 0 Å². The Morgan fingerprint density at radius 3 is 2.64 bits per heavy atom. The lowest BCUT2D eigenvalue weighted by atomic mass is 9.69. The molecular formula is C26H30INO8. The van der Waals surface area contributed by atoms with Gasteiger partial charge in [0.15, 0.2) is 11.5 Å². The zero-order chi connectivity index (χ0) is 26.1. The normalized spacial score (nSPS) is 25.8. The summed E-state index contributed by atoms with van der Waals surface area (Å²) in [7, 11) is 2.65. The number of imide groups is 3. The third-order valence-corrected chi connectivity index (χ3v) is 8.20. The lowest BCUT2D eigenvalue weighted by Gasteiger charge is -2.31. The predicted octanol–water partition coefficient (Wildman–Crippen LogP) is 3.65. The molecule has 2 saturated heterocycles. The van der Waals surface area contributed by atoms with Gasteiger partial charge in [0.1, 0.15) is 0 Å². The van der Waals surface area contributed by atoms with E-state index in [0.29, 0.717) is 20.6 Å². The molecule has 2 aliphatic heterocycles. The Hall–Kier alpha value is -2.44. The standard InChI is InChI=1S/C26H30INO8/c1-4-13(7-14-8-18(27)23(30)20(9-14)34-2)5-6-19-21-15(11-29)10-16-22(17(21)12-36-19)25(32)28(24(16)31)26(33)35-3/h7-9,16-17,19,22,29-30H,4-6,10-12H2,1-3H3/b13-7+/t16-,17+,19-,22-/m1/s1. The number of aliphatic hydroxyl groups is 1. The number of carbonyl (C=O) groups is 3. The van der Waals surface area contributed by atoms with Crippen molar-refractivity contribution in [2.24, 2.45) is 17.8 Å². The fourth-order valence-corrected chi connectivity index (χ4v) is 6.25. The van der Waals surface area contributed by atoms with Crippen molar-refractivity contribution in [1.82, 2.24) is 4.90 Å². The first-order valence-electron chi connectivity index (χ1n) is 11.9. The number of aromatic hydroxyl groups is 1. The summed E-state index contributed by atoms with van der Waals surface area (Å²) in [5.41, 5.74) is 3.71. The molecule has 1 aromatic rings. The molecule has 194 valence electrons. The van der Waals surface area contributed by atoms with Gasteiger partial charge in [-0.25, -0.2) is 4.79 Å². The topological polar surface area (TPSA) is 123 Å². The van der Waals surface area contributed by atoms with Gasteiger partial charge >= 0.3 is 6.09 Å². The fraction of sp³-hybridized carbons (Fsp3) is 0.500. The van der Waals surface area contributed by atoms with Gasteiger partial charge < -0.3 is 24.4 Å². The number of amides is 3. The van der Waals surface area contributed by atoms with Crippen molar-refractivity contribution in [2.45, 2.75) is 38.7 Å². The van der Waals surface area contributed by atoms with Gasteiger partial charge in [-0.15, -0.1) is 0 Å². The SMILES string of the molecule is CC/C(=C\c1cc(I)c(O)c(OC)c1)CC[C@H]1OC[C@H]2C1=C(CO)C[C@H]1C(=O)N(C(=O)OC)C(=O)[C@H]12. The molecule has 3 aliphatic rings. The summed E-state index contributed by atoms with van der Waals surface area (Å²) in [6, 6.07) is 3.68. The number of fused-ring (bicyclic) bond motifs is 3. The molecule has 0 bridgehead atoms. The summed E-state index contributed by atoms with van der Waals surface area (Å²) in [6.07, 6.45) is 3.24. The van der Waals surface area contributed by atoms with Crippen LogP contribution in [0.25, 0.3) is 6.08 Å². The summed E-state index contributed by atoms with van der Waals surface area (Å²) >= 11 is 2.07. The summed E-state index contributed by atoms with van der Waals surface area (Å²) in [4.78, 5) is 38.5. The van der Waals surface area contributed by atoms with E-state index in [1.54, 1.807) is 6.07 Å². The second-order valence-corrected chi connectivity index (χ2v) is 10.4. The van der Waals surface area contributed by atoms with Crippen molar-refractivity contribution >= 4 is 46.6 Å². The quantitative estimate of drug-likeness (QED) is 0.272. The van der Waals surface area contributed by atoms with Crippen molar-refractivity contribution in [3.63, 3.8) is 0 Å². The fourth-order valence-electron chi connectivity index (χ4n) is 5.63. The van der Waals surface area contributed by atoms with Crippen LogP contribution in [0.15, 0.2) is 28.9 Å². The first-order chi connectivity index (χ1) is 17.2. The third kappa shape index (κ3) is 4.66. The number of rotatable bonds is 7. The minimum atomic E-state index is -0.972. The monoisotopic (exact) mass is 611 g/mol. The summed E-state index contributed by atoms with van der Waals surface area (Å²) < 4.78 is 16.7. The number of methoxy groups -OCH3 is 2. The average molecular weight is 611 g/mol. The molecule has 0 spiro atoms. The minimum absolute atomic E-state index is 0.114. The maximum Gasteiger partial charge on any atom is 0.423 e. The minimum Gasteiger partial charge on any atom is -0.504 e. The number of benzene rings is 1. The number of nitrogens with zero attached hydrogens (tertiary/aromatic N) is 1. The van der Waals surface area contributed by atoms with Crippen molar-refractivity contribution in [3.8, 4) is 11.5 Å². The van der Waals surface area contributed by atoms with Gasteiger partial charge in [-0.05, 0) is 77.1 Å². The number of halogens is 1. The molecule has 3 amide bonds. The van der Waals surface area contributed by atoms with Crippen LogP contribution in [0.2, 0.25) is 0 Å². The van der Waals surface area contributed by atoms with E-state index in [0.717, 1.165) is 36.7 Å². The van der Waals surface area contributed by atoms with Crippen LogP contribution in [-0.4, -0.2) is 66.6 Å². The molecule has 36 heavy (non-hydrogen) atoms. The molecule has 2 N–H and O–H groups in total. The Bertz CT molecular complexity index is 1140. The van der Waals surface area contributed by atoms with Gasteiger partial charge in [0.25, 0.3) is 0 Å². The summed E-state index contributed by atoms with van der Waals surface area (Å²) in [6.45, 7) is 2.11. The Kier molecular flexibility index (Phi) is 8.06. The third-order valence-electron chi connectivity index (χ3n) is 7.38. The number of likely N-dealkylation sites (tertiary alicyclic amines) is 1. The van der Waals surface area contributed by atoms with E-state index in [4.69, 9.17) is 9.47 Å². The van der Waals surface area contributed by atoms with Gasteiger partial charge in [-0.2, -0.15) is 4.90 Å². The van der Waals surface area contributed by atoms with E-state index in [-0.39, 0.29) is 37.4 Å².